The molecule has 1 aliphatic rings. The van der Waals surface area contributed by atoms with Crippen LogP contribution < -0.4 is 0 Å². The quantitative estimate of drug-likeness (QED) is 0.611. The summed E-state index contributed by atoms with van der Waals surface area (Å²) in [5, 5.41) is 0. The molecule has 0 N–H and O–H groups in total. The Morgan fingerprint density at radius 3 is 2.17 bits per heavy atom. The number of ether oxygens (including phenoxy) is 2. The van der Waals surface area contributed by atoms with Crippen molar-refractivity contribution in [1.29, 1.82) is 0 Å². The first-order valence-electron chi connectivity index (χ1n) is 3.92. The summed E-state index contributed by atoms with van der Waals surface area (Å²) in [7, 11) is 1.70. The van der Waals surface area contributed by atoms with Crippen LogP contribution in [-0.4, -0.2) is 19.5 Å². The largest absolute Gasteiger partial charge is 0.356 e. The minimum Gasteiger partial charge on any atom is -0.356 e. The third-order valence-electron chi connectivity index (χ3n) is 2.29. The van der Waals surface area contributed by atoms with E-state index in [9.17, 15) is 0 Å². The lowest BCUT2D eigenvalue weighted by Gasteiger charge is -2.31. The van der Waals surface area contributed by atoms with Crippen molar-refractivity contribution in [3.8, 4) is 0 Å². The van der Waals surface area contributed by atoms with Crippen LogP contribution in [0.4, 0.5) is 0 Å². The molecular weight excluding hydrogens is 152 g/mol. The van der Waals surface area contributed by atoms with E-state index in [1.807, 2.05) is 0 Å². The molecule has 0 saturated carbocycles. The first kappa shape index (κ1) is 14.4. The van der Waals surface area contributed by atoms with E-state index in [2.05, 4.69) is 13.8 Å². The topological polar surface area (TPSA) is 18.5 Å². The molecule has 0 radical (unpaired) electrons. The van der Waals surface area contributed by atoms with Gasteiger partial charge in [0.25, 0.3) is 0 Å². The highest BCUT2D eigenvalue weighted by Crippen LogP contribution is 2.24. The van der Waals surface area contributed by atoms with Crippen LogP contribution in [0.25, 0.3) is 0 Å². The summed E-state index contributed by atoms with van der Waals surface area (Å²) in [5.41, 5.74) is 0. The molecule has 1 aliphatic heterocycles. The third kappa shape index (κ3) is 3.55. The van der Waals surface area contributed by atoms with E-state index in [4.69, 9.17) is 9.47 Å². The molecule has 1 fully saturated rings. The fraction of sp³-hybridized carbons (Fsp3) is 1.00. The van der Waals surface area contributed by atoms with E-state index in [-0.39, 0.29) is 21.1 Å². The van der Waals surface area contributed by atoms with Crippen LogP contribution in [-0.2, 0) is 9.47 Å². The van der Waals surface area contributed by atoms with Gasteiger partial charge in [-0.15, -0.1) is 0 Å². The van der Waals surface area contributed by atoms with Gasteiger partial charge in [0.05, 0.1) is 6.10 Å². The zero-order chi connectivity index (χ0) is 7.56. The first-order chi connectivity index (χ1) is 4.74. The van der Waals surface area contributed by atoms with Crippen molar-refractivity contribution in [3.63, 3.8) is 0 Å². The second-order valence-corrected chi connectivity index (χ2v) is 3.06. The zero-order valence-corrected chi connectivity index (χ0v) is 6.96. The van der Waals surface area contributed by atoms with Gasteiger partial charge in [0, 0.05) is 7.11 Å². The first-order valence-corrected chi connectivity index (χ1v) is 3.92. The van der Waals surface area contributed by atoms with E-state index in [1.54, 1.807) is 7.11 Å². The fourth-order valence-electron chi connectivity index (χ4n) is 1.25. The molecule has 0 aromatic heterocycles. The van der Waals surface area contributed by atoms with Crippen molar-refractivity contribution in [2.75, 3.05) is 7.11 Å². The monoisotopic (exact) mass is 176 g/mol. The molecule has 1 rings (SSSR count). The van der Waals surface area contributed by atoms with Crippen molar-refractivity contribution < 1.29 is 9.47 Å². The molecule has 2 nitrogen and oxygen atoms in total. The van der Waals surface area contributed by atoms with Gasteiger partial charge < -0.3 is 9.47 Å². The highest BCUT2D eigenvalue weighted by Gasteiger charge is 2.24. The maximum Gasteiger partial charge on any atom is 0.157 e. The standard InChI is InChI=1S/C8H16O2.2CH4/c1-6-4-5-8(9-3)10-7(6)2;;/h6-8H,4-5H2,1-3H3;2*1H4. The molecule has 1 saturated heterocycles. The maximum absolute atomic E-state index is 5.53. The van der Waals surface area contributed by atoms with Gasteiger partial charge in [-0.25, -0.2) is 0 Å². The molecule has 3 unspecified atom stereocenters. The van der Waals surface area contributed by atoms with Crippen LogP contribution >= 0.6 is 0 Å². The smallest absolute Gasteiger partial charge is 0.157 e. The highest BCUT2D eigenvalue weighted by molar-refractivity contribution is 4.68. The lowest BCUT2D eigenvalue weighted by atomic mass is 9.97. The Kier molecular flexibility index (Phi) is 7.75. The molecule has 1 heterocycles. The average molecular weight is 176 g/mol. The van der Waals surface area contributed by atoms with Crippen LogP contribution in [0.3, 0.4) is 0 Å². The number of hydrogen-bond acceptors (Lipinski definition) is 2. The molecule has 3 atom stereocenters. The Morgan fingerprint density at radius 1 is 1.17 bits per heavy atom. The Balaban J connectivity index is 0. The van der Waals surface area contributed by atoms with Crippen LogP contribution in [0.2, 0.25) is 0 Å². The van der Waals surface area contributed by atoms with E-state index < -0.39 is 0 Å². The number of rotatable bonds is 1. The molecular formula is C10H24O2. The van der Waals surface area contributed by atoms with Gasteiger partial charge in [-0.05, 0) is 25.7 Å². The van der Waals surface area contributed by atoms with E-state index in [0.717, 1.165) is 6.42 Å². The predicted molar refractivity (Wildman–Crippen MR) is 53.2 cm³/mol. The number of methoxy groups -OCH3 is 1. The third-order valence-corrected chi connectivity index (χ3v) is 2.29. The van der Waals surface area contributed by atoms with Gasteiger partial charge in [0.2, 0.25) is 0 Å². The molecule has 0 spiro atoms. The van der Waals surface area contributed by atoms with Crippen LogP contribution in [0, 0.1) is 5.92 Å². The Morgan fingerprint density at radius 2 is 1.75 bits per heavy atom. The van der Waals surface area contributed by atoms with Crippen molar-refractivity contribution in [2.45, 2.75) is 53.9 Å². The summed E-state index contributed by atoms with van der Waals surface area (Å²) in [5.74, 6) is 0.686. The van der Waals surface area contributed by atoms with E-state index >= 15 is 0 Å². The van der Waals surface area contributed by atoms with Gasteiger partial charge in [-0.1, -0.05) is 21.8 Å². The number of hydrogen-bond donors (Lipinski definition) is 0. The molecule has 0 aromatic rings. The van der Waals surface area contributed by atoms with Gasteiger partial charge in [0.15, 0.2) is 6.29 Å². The Bertz CT molecular complexity index is 104. The molecule has 12 heavy (non-hydrogen) atoms. The van der Waals surface area contributed by atoms with E-state index in [1.165, 1.54) is 6.42 Å². The average Bonchev–Trinajstić information content (AvgIpc) is 1.95. The molecule has 0 aromatic carbocycles. The van der Waals surface area contributed by atoms with Crippen LogP contribution in [0.5, 0.6) is 0 Å². The Labute approximate surface area is 77.3 Å². The van der Waals surface area contributed by atoms with Crippen LogP contribution in [0.1, 0.15) is 41.5 Å². The van der Waals surface area contributed by atoms with Crippen molar-refractivity contribution >= 4 is 0 Å². The second-order valence-electron chi connectivity index (χ2n) is 3.06. The normalized spacial score (nSPS) is 34.8. The van der Waals surface area contributed by atoms with E-state index in [0.29, 0.717) is 12.0 Å². The highest BCUT2D eigenvalue weighted by atomic mass is 16.7. The van der Waals surface area contributed by atoms with Crippen molar-refractivity contribution in [3.05, 3.63) is 0 Å². The second kappa shape index (κ2) is 6.44. The summed E-state index contributed by atoms with van der Waals surface area (Å²) in [6, 6.07) is 0. The minimum absolute atomic E-state index is 0. The van der Waals surface area contributed by atoms with Gasteiger partial charge >= 0.3 is 0 Å². The minimum atomic E-state index is 0. The van der Waals surface area contributed by atoms with Gasteiger partial charge in [0.1, 0.15) is 0 Å². The summed E-state index contributed by atoms with van der Waals surface area (Å²) in [6.07, 6.45) is 2.67. The molecule has 0 bridgehead atoms. The SMILES string of the molecule is C.C.COC1CCC(C)C(C)O1. The predicted octanol–water partition coefficient (Wildman–Crippen LogP) is 3.07. The summed E-state index contributed by atoms with van der Waals surface area (Å²) in [6.45, 7) is 4.33. The Hall–Kier alpha value is -0.0800. The maximum atomic E-state index is 5.53. The van der Waals surface area contributed by atoms with Crippen molar-refractivity contribution in [2.24, 2.45) is 5.92 Å². The van der Waals surface area contributed by atoms with Crippen molar-refractivity contribution in [1.82, 2.24) is 0 Å². The van der Waals surface area contributed by atoms with Gasteiger partial charge in [-0.2, -0.15) is 0 Å². The summed E-state index contributed by atoms with van der Waals surface area (Å²) in [4.78, 5) is 0. The molecule has 2 heteroatoms. The summed E-state index contributed by atoms with van der Waals surface area (Å²) >= 11 is 0. The molecule has 0 aliphatic carbocycles. The molecule has 76 valence electrons. The zero-order valence-electron chi connectivity index (χ0n) is 6.96. The lowest BCUT2D eigenvalue weighted by Crippen LogP contribution is -2.32. The fourth-order valence-corrected chi connectivity index (χ4v) is 1.25. The summed E-state index contributed by atoms with van der Waals surface area (Å²) < 4.78 is 10.6. The van der Waals surface area contributed by atoms with Crippen LogP contribution in [0.15, 0.2) is 0 Å². The lowest BCUT2D eigenvalue weighted by molar-refractivity contribution is -0.189. The van der Waals surface area contributed by atoms with Gasteiger partial charge in [-0.3, -0.25) is 0 Å². The molecule has 0 amide bonds.